The molecule has 0 spiro atoms. The Morgan fingerprint density at radius 3 is 1.90 bits per heavy atom. The third-order valence-corrected chi connectivity index (χ3v) is 5.00. The number of ether oxygens (including phenoxy) is 1. The topological polar surface area (TPSA) is 63.6 Å². The van der Waals surface area contributed by atoms with Crippen molar-refractivity contribution in [2.24, 2.45) is 0 Å². The summed E-state index contributed by atoms with van der Waals surface area (Å²) < 4.78 is 5.23. The summed E-state index contributed by atoms with van der Waals surface area (Å²) in [5, 5.41) is 9.12. The summed E-state index contributed by atoms with van der Waals surface area (Å²) in [6.07, 6.45) is 20.5. The van der Waals surface area contributed by atoms with E-state index in [1.54, 1.807) is 12.1 Å². The third-order valence-electron chi connectivity index (χ3n) is 5.00. The first-order chi connectivity index (χ1) is 14.2. The van der Waals surface area contributed by atoms with E-state index in [4.69, 9.17) is 9.84 Å². The molecule has 0 saturated heterocycles. The van der Waals surface area contributed by atoms with Crippen molar-refractivity contribution >= 4 is 11.9 Å². The molecule has 0 aliphatic rings. The fourth-order valence-electron chi connectivity index (χ4n) is 3.27. The van der Waals surface area contributed by atoms with E-state index in [2.05, 4.69) is 19.1 Å². The molecule has 0 heterocycles. The van der Waals surface area contributed by atoms with Gasteiger partial charge in [-0.3, -0.25) is 0 Å². The van der Waals surface area contributed by atoms with Crippen LogP contribution in [0.25, 0.3) is 0 Å². The number of unbranched alkanes of at least 4 members (excludes halogenated alkanes) is 11. The van der Waals surface area contributed by atoms with E-state index in [9.17, 15) is 9.59 Å². The minimum Gasteiger partial charge on any atom is -0.478 e. The molecule has 1 aromatic carbocycles. The number of aromatic carboxylic acids is 1. The van der Waals surface area contributed by atoms with Crippen LogP contribution >= 0.6 is 0 Å². The maximum atomic E-state index is 12.0. The molecule has 1 rings (SSSR count). The van der Waals surface area contributed by atoms with Crippen molar-refractivity contribution < 1.29 is 19.4 Å². The van der Waals surface area contributed by atoms with Crippen LogP contribution in [0.1, 0.15) is 111 Å². The molecule has 0 saturated carbocycles. The fourth-order valence-corrected chi connectivity index (χ4v) is 3.27. The number of carboxylic acids is 1. The Hall–Kier alpha value is -2.10. The smallest absolute Gasteiger partial charge is 0.339 e. The Kier molecular flexibility index (Phi) is 14.5. The first-order valence-corrected chi connectivity index (χ1v) is 11.3. The van der Waals surface area contributed by atoms with E-state index in [0.717, 1.165) is 19.3 Å². The number of rotatable bonds is 17. The number of esters is 1. The largest absolute Gasteiger partial charge is 0.478 e. The summed E-state index contributed by atoms with van der Waals surface area (Å²) in [6.45, 7) is 2.56. The molecule has 0 aromatic heterocycles. The molecule has 0 aliphatic carbocycles. The molecule has 0 aliphatic heterocycles. The number of benzene rings is 1. The van der Waals surface area contributed by atoms with Gasteiger partial charge in [0.2, 0.25) is 0 Å². The Morgan fingerprint density at radius 2 is 1.31 bits per heavy atom. The van der Waals surface area contributed by atoms with Gasteiger partial charge in [-0.2, -0.15) is 0 Å². The normalized spacial score (nSPS) is 11.1. The maximum Gasteiger partial charge on any atom is 0.339 e. The first kappa shape index (κ1) is 24.9. The second-order valence-electron chi connectivity index (χ2n) is 7.57. The Labute approximate surface area is 176 Å². The molecule has 0 atom stereocenters. The number of carbonyl (C=O) groups is 2. The number of carbonyl (C=O) groups excluding carboxylic acids is 1. The van der Waals surface area contributed by atoms with Crippen molar-refractivity contribution in [2.45, 2.75) is 90.4 Å². The predicted molar refractivity (Wildman–Crippen MR) is 119 cm³/mol. The summed E-state index contributed by atoms with van der Waals surface area (Å²) >= 11 is 0. The highest BCUT2D eigenvalue weighted by Gasteiger charge is 2.16. The average molecular weight is 403 g/mol. The van der Waals surface area contributed by atoms with Gasteiger partial charge in [-0.1, -0.05) is 89.0 Å². The lowest BCUT2D eigenvalue weighted by Crippen LogP contribution is -2.12. The molecule has 29 heavy (non-hydrogen) atoms. The van der Waals surface area contributed by atoms with Gasteiger partial charge in [0, 0.05) is 0 Å². The lowest BCUT2D eigenvalue weighted by atomic mass is 10.1. The molecule has 0 unspecified atom stereocenters. The second kappa shape index (κ2) is 16.8. The lowest BCUT2D eigenvalue weighted by Gasteiger charge is -2.07. The standard InChI is InChI=1S/C25H38O4/c1-2-3-4-5-6-7-8-9-10-11-12-13-14-15-18-21-29-25(28)23-20-17-16-19-22(23)24(26)27/h4-5,16-17,19-20H,2-3,6-15,18,21H2,1H3,(H,26,27)/b5-4+. The minimum absolute atomic E-state index is 0.00884. The van der Waals surface area contributed by atoms with Crippen LogP contribution < -0.4 is 0 Å². The molecule has 1 N–H and O–H groups in total. The first-order valence-electron chi connectivity index (χ1n) is 11.3. The zero-order valence-electron chi connectivity index (χ0n) is 18.0. The van der Waals surface area contributed by atoms with E-state index < -0.39 is 11.9 Å². The van der Waals surface area contributed by atoms with Crippen LogP contribution in [0.2, 0.25) is 0 Å². The quantitative estimate of drug-likeness (QED) is 0.170. The summed E-state index contributed by atoms with van der Waals surface area (Å²) in [6, 6.07) is 6.17. The van der Waals surface area contributed by atoms with E-state index in [0.29, 0.717) is 6.61 Å². The molecule has 0 radical (unpaired) electrons. The summed E-state index contributed by atoms with van der Waals surface area (Å²) in [5.74, 6) is -1.66. The SMILES string of the molecule is CCC/C=C/CCCCCCCCCCCCOC(=O)c1ccccc1C(=O)O. The van der Waals surface area contributed by atoms with Crippen LogP contribution in [0.3, 0.4) is 0 Å². The van der Waals surface area contributed by atoms with Crippen LogP contribution in [-0.4, -0.2) is 23.7 Å². The van der Waals surface area contributed by atoms with Gasteiger partial charge in [0.05, 0.1) is 17.7 Å². The van der Waals surface area contributed by atoms with Crippen molar-refractivity contribution in [1.82, 2.24) is 0 Å². The van der Waals surface area contributed by atoms with Crippen LogP contribution in [0.5, 0.6) is 0 Å². The highest BCUT2D eigenvalue weighted by Crippen LogP contribution is 2.13. The van der Waals surface area contributed by atoms with Gasteiger partial charge >= 0.3 is 11.9 Å². The zero-order chi connectivity index (χ0) is 21.2. The monoisotopic (exact) mass is 402 g/mol. The van der Waals surface area contributed by atoms with Gasteiger partial charge in [0.15, 0.2) is 0 Å². The van der Waals surface area contributed by atoms with Gasteiger partial charge in [-0.15, -0.1) is 0 Å². The van der Waals surface area contributed by atoms with Crippen molar-refractivity contribution in [3.05, 3.63) is 47.5 Å². The van der Waals surface area contributed by atoms with Crippen LogP contribution in [0.4, 0.5) is 0 Å². The summed E-state index contributed by atoms with van der Waals surface area (Å²) in [7, 11) is 0. The highest BCUT2D eigenvalue weighted by molar-refractivity contribution is 6.02. The lowest BCUT2D eigenvalue weighted by molar-refractivity contribution is 0.0487. The molecule has 0 amide bonds. The number of hydrogen-bond acceptors (Lipinski definition) is 3. The number of carboxylic acid groups (broad SMARTS) is 1. The van der Waals surface area contributed by atoms with Gasteiger partial charge in [-0.25, -0.2) is 9.59 Å². The minimum atomic E-state index is -1.11. The molecule has 1 aromatic rings. The van der Waals surface area contributed by atoms with E-state index in [1.807, 2.05) is 0 Å². The molecule has 0 bridgehead atoms. The van der Waals surface area contributed by atoms with Crippen LogP contribution in [-0.2, 0) is 4.74 Å². The summed E-state index contributed by atoms with van der Waals surface area (Å²) in [4.78, 5) is 23.2. The van der Waals surface area contributed by atoms with E-state index in [1.165, 1.54) is 76.3 Å². The van der Waals surface area contributed by atoms with Gasteiger partial charge in [-0.05, 0) is 37.8 Å². The molecular weight excluding hydrogens is 364 g/mol. The van der Waals surface area contributed by atoms with Gasteiger partial charge in [0.1, 0.15) is 0 Å². The number of hydrogen-bond donors (Lipinski definition) is 1. The summed E-state index contributed by atoms with van der Waals surface area (Å²) in [5.41, 5.74) is 0.113. The van der Waals surface area contributed by atoms with Crippen molar-refractivity contribution in [3.8, 4) is 0 Å². The molecular formula is C25H38O4. The van der Waals surface area contributed by atoms with Gasteiger partial charge in [0.25, 0.3) is 0 Å². The van der Waals surface area contributed by atoms with E-state index >= 15 is 0 Å². The van der Waals surface area contributed by atoms with Crippen molar-refractivity contribution in [3.63, 3.8) is 0 Å². The van der Waals surface area contributed by atoms with Crippen molar-refractivity contribution in [1.29, 1.82) is 0 Å². The number of allylic oxidation sites excluding steroid dienone is 2. The Bertz CT molecular complexity index is 607. The molecule has 0 fully saturated rings. The second-order valence-corrected chi connectivity index (χ2v) is 7.57. The van der Waals surface area contributed by atoms with Crippen LogP contribution in [0, 0.1) is 0 Å². The molecule has 4 heteroatoms. The molecule has 4 nitrogen and oxygen atoms in total. The third kappa shape index (κ3) is 12.1. The highest BCUT2D eigenvalue weighted by atomic mass is 16.5. The van der Waals surface area contributed by atoms with Crippen molar-refractivity contribution in [2.75, 3.05) is 6.61 Å². The average Bonchev–Trinajstić information content (AvgIpc) is 2.73. The van der Waals surface area contributed by atoms with Crippen LogP contribution in [0.15, 0.2) is 36.4 Å². The fraction of sp³-hybridized carbons (Fsp3) is 0.600. The van der Waals surface area contributed by atoms with Gasteiger partial charge < -0.3 is 9.84 Å². The maximum absolute atomic E-state index is 12.0. The predicted octanol–water partition coefficient (Wildman–Crippen LogP) is 7.19. The zero-order valence-corrected chi connectivity index (χ0v) is 18.0. The van der Waals surface area contributed by atoms with E-state index in [-0.39, 0.29) is 11.1 Å². The Balaban J connectivity index is 1.94. The Morgan fingerprint density at radius 1 is 0.793 bits per heavy atom. The molecule has 162 valence electrons.